The fourth-order valence-electron chi connectivity index (χ4n) is 2.15. The molecule has 0 atom stereocenters. The second-order valence-electron chi connectivity index (χ2n) is 4.94. The summed E-state index contributed by atoms with van der Waals surface area (Å²) < 4.78 is 5.44. The second kappa shape index (κ2) is 6.58. The molecular formula is C16H12ClN3O3. The van der Waals surface area contributed by atoms with Crippen LogP contribution in [0.1, 0.15) is 27.5 Å². The van der Waals surface area contributed by atoms with E-state index in [1.54, 1.807) is 12.1 Å². The largest absolute Gasteiger partial charge is 0.469 e. The van der Waals surface area contributed by atoms with E-state index < -0.39 is 11.6 Å². The van der Waals surface area contributed by atoms with Crippen molar-refractivity contribution in [2.75, 3.05) is 0 Å². The SMILES string of the molecule is O=C(Cc1coc(Cc2ccccc2Cl)c1)C(=O)c1nc[nH]n1. The number of benzene rings is 1. The third-order valence-corrected chi connectivity index (χ3v) is 3.64. The van der Waals surface area contributed by atoms with Gasteiger partial charge in [0, 0.05) is 17.9 Å². The van der Waals surface area contributed by atoms with Gasteiger partial charge in [-0.1, -0.05) is 29.8 Å². The highest BCUT2D eigenvalue weighted by atomic mass is 35.5. The van der Waals surface area contributed by atoms with Crippen molar-refractivity contribution in [3.8, 4) is 0 Å². The lowest BCUT2D eigenvalue weighted by atomic mass is 10.1. The van der Waals surface area contributed by atoms with Gasteiger partial charge in [0.25, 0.3) is 5.78 Å². The zero-order chi connectivity index (χ0) is 16.2. The highest BCUT2D eigenvalue weighted by Crippen LogP contribution is 2.20. The second-order valence-corrected chi connectivity index (χ2v) is 5.35. The molecule has 116 valence electrons. The number of furan rings is 1. The molecule has 23 heavy (non-hydrogen) atoms. The van der Waals surface area contributed by atoms with E-state index in [1.807, 2.05) is 18.2 Å². The average Bonchev–Trinajstić information content (AvgIpc) is 3.21. The van der Waals surface area contributed by atoms with Gasteiger partial charge in [0.2, 0.25) is 11.6 Å². The number of hydrogen-bond donors (Lipinski definition) is 1. The summed E-state index contributed by atoms with van der Waals surface area (Å²) >= 11 is 6.11. The molecule has 3 rings (SSSR count). The molecule has 3 aromatic rings. The van der Waals surface area contributed by atoms with Gasteiger partial charge in [-0.05, 0) is 23.3 Å². The Morgan fingerprint density at radius 1 is 1.26 bits per heavy atom. The van der Waals surface area contributed by atoms with Gasteiger partial charge in [-0.15, -0.1) is 5.10 Å². The molecule has 0 aliphatic carbocycles. The van der Waals surface area contributed by atoms with Crippen LogP contribution < -0.4 is 0 Å². The van der Waals surface area contributed by atoms with Crippen molar-refractivity contribution in [3.05, 3.63) is 70.7 Å². The third kappa shape index (κ3) is 3.54. The van der Waals surface area contributed by atoms with Gasteiger partial charge in [-0.3, -0.25) is 14.7 Å². The van der Waals surface area contributed by atoms with Crippen molar-refractivity contribution in [1.82, 2.24) is 15.2 Å². The monoisotopic (exact) mass is 329 g/mol. The predicted molar refractivity (Wildman–Crippen MR) is 82.4 cm³/mol. The predicted octanol–water partition coefficient (Wildman–Crippen LogP) is 2.64. The van der Waals surface area contributed by atoms with E-state index in [0.717, 1.165) is 5.56 Å². The lowest BCUT2D eigenvalue weighted by Gasteiger charge is -2.00. The number of carbonyl (C=O) groups excluding carboxylic acids is 2. The number of aromatic nitrogens is 3. The maximum Gasteiger partial charge on any atom is 0.267 e. The van der Waals surface area contributed by atoms with E-state index in [4.69, 9.17) is 16.0 Å². The van der Waals surface area contributed by atoms with Crippen LogP contribution in [0.3, 0.4) is 0 Å². The fraction of sp³-hybridized carbons (Fsp3) is 0.125. The molecule has 0 bridgehead atoms. The van der Waals surface area contributed by atoms with Gasteiger partial charge in [0.05, 0.1) is 6.26 Å². The summed E-state index contributed by atoms with van der Waals surface area (Å²) in [5.41, 5.74) is 1.55. The Kier molecular flexibility index (Phi) is 4.34. The molecule has 6 nitrogen and oxygen atoms in total. The van der Waals surface area contributed by atoms with Crippen LogP contribution in [-0.4, -0.2) is 26.7 Å². The molecule has 1 N–H and O–H groups in total. The molecule has 0 aliphatic heterocycles. The van der Waals surface area contributed by atoms with Crippen molar-refractivity contribution in [3.63, 3.8) is 0 Å². The molecule has 0 fully saturated rings. The number of carbonyl (C=O) groups is 2. The summed E-state index contributed by atoms with van der Waals surface area (Å²) in [7, 11) is 0. The molecular weight excluding hydrogens is 318 g/mol. The van der Waals surface area contributed by atoms with Gasteiger partial charge in [-0.25, -0.2) is 4.98 Å². The Bertz CT molecular complexity index is 840. The molecule has 0 saturated heterocycles. The van der Waals surface area contributed by atoms with E-state index in [9.17, 15) is 9.59 Å². The topological polar surface area (TPSA) is 88.9 Å². The van der Waals surface area contributed by atoms with Crippen LogP contribution >= 0.6 is 11.6 Å². The summed E-state index contributed by atoms with van der Waals surface area (Å²) in [6.07, 6.45) is 3.18. The van der Waals surface area contributed by atoms with Crippen molar-refractivity contribution in [2.45, 2.75) is 12.8 Å². The highest BCUT2D eigenvalue weighted by molar-refractivity contribution is 6.43. The van der Waals surface area contributed by atoms with E-state index in [0.29, 0.717) is 22.8 Å². The molecule has 2 heterocycles. The number of hydrogen-bond acceptors (Lipinski definition) is 5. The lowest BCUT2D eigenvalue weighted by molar-refractivity contribution is -0.114. The molecule has 0 unspecified atom stereocenters. The number of H-pyrrole nitrogens is 1. The summed E-state index contributed by atoms with van der Waals surface area (Å²) in [4.78, 5) is 27.4. The maximum atomic E-state index is 11.9. The molecule has 7 heteroatoms. The highest BCUT2D eigenvalue weighted by Gasteiger charge is 2.20. The maximum absolute atomic E-state index is 11.9. The van der Waals surface area contributed by atoms with Gasteiger partial charge >= 0.3 is 0 Å². The van der Waals surface area contributed by atoms with Crippen LogP contribution in [0.25, 0.3) is 0 Å². The zero-order valence-corrected chi connectivity index (χ0v) is 12.7. The number of Topliss-reactive ketones (excluding diaryl/α,β-unsaturated/α-hetero) is 2. The summed E-state index contributed by atoms with van der Waals surface area (Å²) in [5, 5.41) is 6.66. The van der Waals surface area contributed by atoms with Gasteiger partial charge < -0.3 is 4.42 Å². The molecule has 2 aromatic heterocycles. The lowest BCUT2D eigenvalue weighted by Crippen LogP contribution is -2.17. The molecule has 0 radical (unpaired) electrons. The summed E-state index contributed by atoms with van der Waals surface area (Å²) in [5.74, 6) is -0.768. The number of nitrogens with one attached hydrogen (secondary N) is 1. The van der Waals surface area contributed by atoms with E-state index in [2.05, 4.69) is 15.2 Å². The zero-order valence-electron chi connectivity index (χ0n) is 12.0. The van der Waals surface area contributed by atoms with Crippen LogP contribution in [0.4, 0.5) is 0 Å². The first kappa shape index (κ1) is 15.2. The first-order valence-electron chi connectivity index (χ1n) is 6.86. The van der Waals surface area contributed by atoms with Crippen LogP contribution in [-0.2, 0) is 17.6 Å². The minimum absolute atomic E-state index is 0.0562. The molecule has 1 aromatic carbocycles. The Hall–Kier alpha value is -2.73. The Morgan fingerprint density at radius 2 is 2.09 bits per heavy atom. The first-order valence-corrected chi connectivity index (χ1v) is 7.24. The number of ketones is 2. The average molecular weight is 330 g/mol. The van der Waals surface area contributed by atoms with Crippen molar-refractivity contribution in [2.24, 2.45) is 0 Å². The van der Waals surface area contributed by atoms with E-state index in [1.165, 1.54) is 12.6 Å². The van der Waals surface area contributed by atoms with Crippen LogP contribution in [0.5, 0.6) is 0 Å². The standard InChI is InChI=1S/C16H12ClN3O3/c17-13-4-2-1-3-11(13)7-12-5-10(8-23-12)6-14(21)15(22)16-18-9-19-20-16/h1-5,8-9H,6-7H2,(H,18,19,20). The van der Waals surface area contributed by atoms with Gasteiger partial charge in [0.1, 0.15) is 12.1 Å². The number of aromatic amines is 1. The van der Waals surface area contributed by atoms with Crippen molar-refractivity contribution >= 4 is 23.2 Å². The minimum atomic E-state index is -0.722. The fourth-order valence-corrected chi connectivity index (χ4v) is 2.35. The Labute approximate surface area is 136 Å². The smallest absolute Gasteiger partial charge is 0.267 e. The van der Waals surface area contributed by atoms with Crippen molar-refractivity contribution in [1.29, 1.82) is 0 Å². The van der Waals surface area contributed by atoms with Crippen molar-refractivity contribution < 1.29 is 14.0 Å². The van der Waals surface area contributed by atoms with E-state index >= 15 is 0 Å². The molecule has 0 amide bonds. The number of nitrogens with zero attached hydrogens (tertiary/aromatic N) is 2. The first-order chi connectivity index (χ1) is 11.1. The Balaban J connectivity index is 1.67. The Morgan fingerprint density at radius 3 is 2.83 bits per heavy atom. The third-order valence-electron chi connectivity index (χ3n) is 3.27. The van der Waals surface area contributed by atoms with Crippen LogP contribution in [0.15, 0.2) is 47.3 Å². The number of halogens is 1. The number of rotatable bonds is 6. The normalized spacial score (nSPS) is 10.7. The molecule has 0 aliphatic rings. The van der Waals surface area contributed by atoms with Crippen LogP contribution in [0, 0.1) is 0 Å². The van der Waals surface area contributed by atoms with Crippen LogP contribution in [0.2, 0.25) is 5.02 Å². The molecule has 0 saturated carbocycles. The van der Waals surface area contributed by atoms with E-state index in [-0.39, 0.29) is 12.2 Å². The summed E-state index contributed by atoms with van der Waals surface area (Å²) in [6.45, 7) is 0. The van der Waals surface area contributed by atoms with Gasteiger partial charge in [0.15, 0.2) is 0 Å². The quantitative estimate of drug-likeness (QED) is 0.554. The summed E-state index contributed by atoms with van der Waals surface area (Å²) in [6, 6.07) is 9.20. The minimum Gasteiger partial charge on any atom is -0.469 e. The van der Waals surface area contributed by atoms with Gasteiger partial charge in [-0.2, -0.15) is 0 Å². The molecule has 0 spiro atoms.